The molecule has 2 aromatic heterocycles. The minimum atomic E-state index is -0.897. The number of carbonyl (C=O) groups excluding carboxylic acids is 3. The van der Waals surface area contributed by atoms with Gasteiger partial charge in [0.2, 0.25) is 5.91 Å². The Bertz CT molecular complexity index is 1120. The summed E-state index contributed by atoms with van der Waals surface area (Å²) in [5, 5.41) is 8.75. The van der Waals surface area contributed by atoms with Crippen LogP contribution in [0.1, 0.15) is 67.2 Å². The van der Waals surface area contributed by atoms with Crippen molar-refractivity contribution in [3.8, 4) is 0 Å². The van der Waals surface area contributed by atoms with E-state index in [1.54, 1.807) is 20.8 Å². The number of aromatic nitrogens is 2. The van der Waals surface area contributed by atoms with E-state index < -0.39 is 29.3 Å². The number of pyridine rings is 2. The van der Waals surface area contributed by atoms with Crippen LogP contribution < -0.4 is 27.4 Å². The van der Waals surface area contributed by atoms with Crippen LogP contribution in [0.5, 0.6) is 0 Å². The Balaban J connectivity index is 1.85. The second-order valence-electron chi connectivity index (χ2n) is 9.32. The number of halogens is 1. The SMILES string of the molecule is CC(C)(C)OC(=O)N[C@H]1CCCC[C@H]1Nc1nc(Nc2cncc(C(N)=O)c2)c(C(N)=O)cc1F. The molecule has 0 unspecified atom stereocenters. The average molecular weight is 488 g/mol. The van der Waals surface area contributed by atoms with Gasteiger partial charge in [-0.3, -0.25) is 14.6 Å². The van der Waals surface area contributed by atoms with Crippen LogP contribution in [0.4, 0.5) is 26.5 Å². The molecule has 188 valence electrons. The van der Waals surface area contributed by atoms with Gasteiger partial charge in [0.05, 0.1) is 29.1 Å². The highest BCUT2D eigenvalue weighted by molar-refractivity contribution is 5.99. The summed E-state index contributed by atoms with van der Waals surface area (Å²) in [6, 6.07) is 1.75. The summed E-state index contributed by atoms with van der Waals surface area (Å²) in [7, 11) is 0. The van der Waals surface area contributed by atoms with Crippen LogP contribution in [-0.2, 0) is 4.74 Å². The van der Waals surface area contributed by atoms with E-state index in [1.165, 1.54) is 18.5 Å². The van der Waals surface area contributed by atoms with Crippen molar-refractivity contribution in [1.29, 1.82) is 0 Å². The Morgan fingerprint density at radius 2 is 1.71 bits per heavy atom. The van der Waals surface area contributed by atoms with Gasteiger partial charge in [-0.25, -0.2) is 14.2 Å². The van der Waals surface area contributed by atoms with Gasteiger partial charge in [0, 0.05) is 12.2 Å². The Kier molecular flexibility index (Phi) is 7.72. The summed E-state index contributed by atoms with van der Waals surface area (Å²) >= 11 is 0. The van der Waals surface area contributed by atoms with E-state index in [0.29, 0.717) is 18.5 Å². The van der Waals surface area contributed by atoms with Gasteiger partial charge in [0.25, 0.3) is 5.91 Å². The molecule has 12 heteroatoms. The first-order valence-corrected chi connectivity index (χ1v) is 11.2. The van der Waals surface area contributed by atoms with Crippen molar-refractivity contribution in [2.45, 2.75) is 64.1 Å². The van der Waals surface area contributed by atoms with Gasteiger partial charge >= 0.3 is 6.09 Å². The molecule has 2 heterocycles. The van der Waals surface area contributed by atoms with Crippen LogP contribution in [0.3, 0.4) is 0 Å². The van der Waals surface area contributed by atoms with Crippen molar-refractivity contribution >= 4 is 35.2 Å². The van der Waals surface area contributed by atoms with E-state index in [9.17, 15) is 18.8 Å². The van der Waals surface area contributed by atoms with Crippen LogP contribution in [0, 0.1) is 5.82 Å². The fourth-order valence-electron chi connectivity index (χ4n) is 3.76. The smallest absolute Gasteiger partial charge is 0.407 e. The molecule has 2 aromatic rings. The molecule has 7 N–H and O–H groups in total. The van der Waals surface area contributed by atoms with Gasteiger partial charge in [0.15, 0.2) is 11.6 Å². The molecular formula is C23H30FN7O4. The Hall–Kier alpha value is -3.96. The molecular weight excluding hydrogens is 457 g/mol. The van der Waals surface area contributed by atoms with Crippen molar-refractivity contribution in [2.24, 2.45) is 11.5 Å². The van der Waals surface area contributed by atoms with Gasteiger partial charge < -0.3 is 32.2 Å². The maximum Gasteiger partial charge on any atom is 0.407 e. The normalized spacial score (nSPS) is 17.8. The van der Waals surface area contributed by atoms with Crippen molar-refractivity contribution in [2.75, 3.05) is 10.6 Å². The van der Waals surface area contributed by atoms with Crippen molar-refractivity contribution in [3.05, 3.63) is 41.5 Å². The molecule has 3 rings (SSSR count). The van der Waals surface area contributed by atoms with Crippen LogP contribution in [0.15, 0.2) is 24.5 Å². The molecule has 1 fully saturated rings. The second kappa shape index (κ2) is 10.5. The topological polar surface area (TPSA) is 174 Å². The third-order valence-electron chi connectivity index (χ3n) is 5.32. The zero-order chi connectivity index (χ0) is 25.8. The minimum Gasteiger partial charge on any atom is -0.444 e. The number of alkyl carbamates (subject to hydrolysis) is 1. The van der Waals surface area contributed by atoms with Gasteiger partial charge in [-0.2, -0.15) is 0 Å². The summed E-state index contributed by atoms with van der Waals surface area (Å²) in [6.45, 7) is 5.31. The van der Waals surface area contributed by atoms with Crippen molar-refractivity contribution in [3.63, 3.8) is 0 Å². The molecule has 35 heavy (non-hydrogen) atoms. The molecule has 0 spiro atoms. The maximum absolute atomic E-state index is 14.9. The third-order valence-corrected chi connectivity index (χ3v) is 5.32. The predicted octanol–water partition coefficient (Wildman–Crippen LogP) is 2.80. The predicted molar refractivity (Wildman–Crippen MR) is 128 cm³/mol. The van der Waals surface area contributed by atoms with Gasteiger partial charge in [-0.05, 0) is 45.7 Å². The lowest BCUT2D eigenvalue weighted by atomic mass is 9.90. The summed E-state index contributed by atoms with van der Waals surface area (Å²) in [4.78, 5) is 43.8. The third kappa shape index (κ3) is 7.01. The number of hydrogen-bond acceptors (Lipinski definition) is 8. The molecule has 0 bridgehead atoms. The lowest BCUT2D eigenvalue weighted by molar-refractivity contribution is 0.0488. The number of nitrogens with zero attached hydrogens (tertiary/aromatic N) is 2. The summed E-state index contributed by atoms with van der Waals surface area (Å²) in [6.07, 6.45) is 5.22. The molecule has 2 atom stereocenters. The first kappa shape index (κ1) is 25.7. The van der Waals surface area contributed by atoms with E-state index >= 15 is 0 Å². The van der Waals surface area contributed by atoms with Crippen molar-refractivity contribution in [1.82, 2.24) is 15.3 Å². The summed E-state index contributed by atoms with van der Waals surface area (Å²) < 4.78 is 20.3. The van der Waals surface area contributed by atoms with E-state index in [0.717, 1.165) is 18.9 Å². The highest BCUT2D eigenvalue weighted by Gasteiger charge is 2.30. The fourth-order valence-corrected chi connectivity index (χ4v) is 3.76. The van der Waals surface area contributed by atoms with Gasteiger partial charge in [-0.15, -0.1) is 0 Å². The highest BCUT2D eigenvalue weighted by atomic mass is 19.1. The number of hydrogen-bond donors (Lipinski definition) is 5. The minimum absolute atomic E-state index is 0.0303. The molecule has 11 nitrogen and oxygen atoms in total. The van der Waals surface area contributed by atoms with Crippen LogP contribution >= 0.6 is 0 Å². The number of amides is 3. The van der Waals surface area contributed by atoms with Gasteiger partial charge in [0.1, 0.15) is 11.4 Å². The van der Waals surface area contributed by atoms with E-state index in [-0.39, 0.29) is 34.8 Å². The molecule has 0 saturated heterocycles. The number of rotatable bonds is 7. The van der Waals surface area contributed by atoms with Crippen LogP contribution in [-0.4, -0.2) is 45.6 Å². The van der Waals surface area contributed by atoms with E-state index in [2.05, 4.69) is 25.9 Å². The first-order chi connectivity index (χ1) is 16.4. The standard InChI is InChI=1S/C23H30FN7O4/c1-23(2,3)35-22(34)30-17-7-5-4-6-16(17)29-21-15(24)9-14(19(26)33)20(31-21)28-13-8-12(18(25)32)10-27-11-13/h8-11,16-17H,4-7H2,1-3H3,(H2,25,32)(H2,26,33)(H,30,34)(H2,28,29,31)/t16-,17+/m1/s1. The van der Waals surface area contributed by atoms with Crippen molar-refractivity contribution < 1.29 is 23.5 Å². The number of ether oxygens (including phenoxy) is 1. The molecule has 0 radical (unpaired) electrons. The maximum atomic E-state index is 14.9. The Morgan fingerprint density at radius 1 is 1.03 bits per heavy atom. The average Bonchev–Trinajstić information content (AvgIpc) is 2.75. The Labute approximate surface area is 202 Å². The zero-order valence-electron chi connectivity index (χ0n) is 19.9. The number of carbonyl (C=O) groups is 3. The molecule has 0 aliphatic heterocycles. The second-order valence-corrected chi connectivity index (χ2v) is 9.32. The number of nitrogens with two attached hydrogens (primary N) is 2. The summed E-state index contributed by atoms with van der Waals surface area (Å²) in [5.74, 6) is -2.52. The number of anilines is 3. The quantitative estimate of drug-likeness (QED) is 0.396. The largest absolute Gasteiger partial charge is 0.444 e. The summed E-state index contributed by atoms with van der Waals surface area (Å²) in [5.41, 5.74) is 10.3. The van der Waals surface area contributed by atoms with Crippen LogP contribution in [0.2, 0.25) is 0 Å². The first-order valence-electron chi connectivity index (χ1n) is 11.2. The molecule has 1 aliphatic rings. The lowest BCUT2D eigenvalue weighted by Crippen LogP contribution is -2.50. The highest BCUT2D eigenvalue weighted by Crippen LogP contribution is 2.27. The fraction of sp³-hybridized carbons (Fsp3) is 0.435. The molecule has 0 aromatic carbocycles. The lowest BCUT2D eigenvalue weighted by Gasteiger charge is -2.34. The Morgan fingerprint density at radius 3 is 2.34 bits per heavy atom. The monoisotopic (exact) mass is 487 g/mol. The van der Waals surface area contributed by atoms with E-state index in [1.807, 2.05) is 0 Å². The molecule has 1 saturated carbocycles. The number of primary amides is 2. The molecule has 3 amide bonds. The van der Waals surface area contributed by atoms with E-state index in [4.69, 9.17) is 16.2 Å². The number of nitrogens with one attached hydrogen (secondary N) is 3. The van der Waals surface area contributed by atoms with Crippen LogP contribution in [0.25, 0.3) is 0 Å². The molecule has 1 aliphatic carbocycles. The van der Waals surface area contributed by atoms with Gasteiger partial charge in [-0.1, -0.05) is 12.8 Å². The zero-order valence-corrected chi connectivity index (χ0v) is 19.9.